The van der Waals surface area contributed by atoms with Crippen molar-refractivity contribution < 1.29 is 23.1 Å². The smallest absolute Gasteiger partial charge is 0.325 e. The number of hydrogen-bond donors (Lipinski definition) is 2. The fourth-order valence-corrected chi connectivity index (χ4v) is 8.44. The predicted molar refractivity (Wildman–Crippen MR) is 166 cm³/mol. The zero-order valence-corrected chi connectivity index (χ0v) is 25.3. The molecule has 0 aliphatic carbocycles. The lowest BCUT2D eigenvalue weighted by atomic mass is 9.89. The average Bonchev–Trinajstić information content (AvgIpc) is 3.38. The Kier molecular flexibility index (Phi) is 6.72. The standard InChI is InChI=1S/C34H36N2O5S/c1-21(2)17-18-22-13-10-16-27-29(22)35-32-34(27,38)20-28(31(37)41-33(3,4)5)36(32)42(39,40)30-25-14-8-6-11-23(25)19-24-12-7-9-15-26(24)30/h6-17,19,28,32,35,38H,18,20H2,1-5H3/t28-,32+,34-/m0/s1. The van der Waals surface area contributed by atoms with Gasteiger partial charge in [-0.05, 0) is 63.4 Å². The van der Waals surface area contributed by atoms with E-state index in [0.29, 0.717) is 28.4 Å². The van der Waals surface area contributed by atoms with Gasteiger partial charge in [-0.25, -0.2) is 8.42 Å². The molecule has 0 amide bonds. The van der Waals surface area contributed by atoms with Gasteiger partial charge in [0.15, 0.2) is 0 Å². The van der Waals surface area contributed by atoms with E-state index in [2.05, 4.69) is 11.4 Å². The molecule has 0 radical (unpaired) electrons. The number of hydrogen-bond acceptors (Lipinski definition) is 6. The molecule has 8 heteroatoms. The summed E-state index contributed by atoms with van der Waals surface area (Å²) in [6.45, 7) is 9.28. The summed E-state index contributed by atoms with van der Waals surface area (Å²) in [4.78, 5) is 13.8. The number of nitrogens with zero attached hydrogens (tertiary/aromatic N) is 1. The molecule has 0 saturated carbocycles. The lowest BCUT2D eigenvalue weighted by molar-refractivity contribution is -0.159. The number of para-hydroxylation sites is 1. The zero-order chi connectivity index (χ0) is 30.0. The zero-order valence-electron chi connectivity index (χ0n) is 24.5. The van der Waals surface area contributed by atoms with E-state index in [-0.39, 0.29) is 11.3 Å². The van der Waals surface area contributed by atoms with Crippen molar-refractivity contribution >= 4 is 43.2 Å². The lowest BCUT2D eigenvalue weighted by Gasteiger charge is -2.31. The number of aliphatic hydroxyl groups is 1. The molecule has 2 aliphatic heterocycles. The maximum atomic E-state index is 15.0. The highest BCUT2D eigenvalue weighted by Gasteiger charge is 2.63. The molecule has 7 nitrogen and oxygen atoms in total. The highest BCUT2D eigenvalue weighted by atomic mass is 32.2. The Labute approximate surface area is 246 Å². The van der Waals surface area contributed by atoms with E-state index in [0.717, 1.165) is 21.9 Å². The van der Waals surface area contributed by atoms with Gasteiger partial charge in [0.05, 0.1) is 4.90 Å². The third-order valence-corrected chi connectivity index (χ3v) is 10.1. The normalized spacial score (nSPS) is 22.0. The van der Waals surface area contributed by atoms with E-state index in [1.165, 1.54) is 4.31 Å². The highest BCUT2D eigenvalue weighted by molar-refractivity contribution is 7.89. The summed E-state index contributed by atoms with van der Waals surface area (Å²) in [6.07, 6.45) is 1.47. The van der Waals surface area contributed by atoms with Gasteiger partial charge in [-0.2, -0.15) is 4.31 Å². The Bertz CT molecular complexity index is 1820. The van der Waals surface area contributed by atoms with Crippen LogP contribution in [0, 0.1) is 0 Å². The summed E-state index contributed by atoms with van der Waals surface area (Å²) in [6, 6.07) is 21.1. The summed E-state index contributed by atoms with van der Waals surface area (Å²) >= 11 is 0. The number of anilines is 1. The lowest BCUT2D eigenvalue weighted by Crippen LogP contribution is -2.50. The number of fused-ring (bicyclic) bond motifs is 5. The van der Waals surface area contributed by atoms with Crippen LogP contribution in [-0.2, 0) is 31.6 Å². The molecule has 0 unspecified atom stereocenters. The molecule has 4 aromatic rings. The van der Waals surface area contributed by atoms with Gasteiger partial charge < -0.3 is 15.2 Å². The molecule has 218 valence electrons. The van der Waals surface area contributed by atoms with E-state index in [1.807, 2.05) is 62.4 Å². The molecule has 0 spiro atoms. The second kappa shape index (κ2) is 9.93. The molecule has 42 heavy (non-hydrogen) atoms. The summed E-state index contributed by atoms with van der Waals surface area (Å²) in [7, 11) is -4.39. The van der Waals surface area contributed by atoms with Crippen LogP contribution in [0.3, 0.4) is 0 Å². The second-order valence-corrected chi connectivity index (χ2v) is 14.3. The van der Waals surface area contributed by atoms with E-state index in [4.69, 9.17) is 4.74 Å². The first-order chi connectivity index (χ1) is 19.8. The largest absolute Gasteiger partial charge is 0.459 e. The third kappa shape index (κ3) is 4.58. The van der Waals surface area contributed by atoms with Crippen LogP contribution in [0.15, 0.2) is 89.3 Å². The van der Waals surface area contributed by atoms with Crippen LogP contribution in [0.5, 0.6) is 0 Å². The quantitative estimate of drug-likeness (QED) is 0.164. The van der Waals surface area contributed by atoms with Crippen LogP contribution in [-0.4, -0.2) is 41.6 Å². The van der Waals surface area contributed by atoms with Crippen LogP contribution >= 0.6 is 0 Å². The fraction of sp³-hybridized carbons (Fsp3) is 0.324. The Morgan fingerprint density at radius 2 is 1.64 bits per heavy atom. The van der Waals surface area contributed by atoms with Crippen LogP contribution in [0.25, 0.3) is 21.5 Å². The van der Waals surface area contributed by atoms with Gasteiger partial charge >= 0.3 is 5.97 Å². The fourth-order valence-electron chi connectivity index (χ4n) is 6.30. The van der Waals surface area contributed by atoms with Gasteiger partial charge in [-0.15, -0.1) is 0 Å². The molecule has 2 heterocycles. The SMILES string of the molecule is CC(C)=CCc1cccc2c1N[C@@H]1N(S(=O)(=O)c3c4ccccc4cc4ccccc34)[C@H](C(=O)OC(C)(C)C)C[C@]21O. The maximum Gasteiger partial charge on any atom is 0.325 e. The molecule has 0 bridgehead atoms. The topological polar surface area (TPSA) is 95.9 Å². The number of sulfonamides is 1. The van der Waals surface area contributed by atoms with Crippen molar-refractivity contribution in [3.05, 3.63) is 95.6 Å². The number of nitrogens with one attached hydrogen (secondary N) is 1. The number of rotatable bonds is 5. The molecule has 2 aliphatic rings. The van der Waals surface area contributed by atoms with Gasteiger partial charge in [-0.1, -0.05) is 78.4 Å². The first-order valence-corrected chi connectivity index (χ1v) is 15.7. The van der Waals surface area contributed by atoms with Gasteiger partial charge in [0.2, 0.25) is 10.0 Å². The Morgan fingerprint density at radius 1 is 1.02 bits per heavy atom. The maximum absolute atomic E-state index is 15.0. The van der Waals surface area contributed by atoms with E-state index >= 15 is 8.42 Å². The molecular weight excluding hydrogens is 548 g/mol. The second-order valence-electron chi connectivity index (χ2n) is 12.5. The first-order valence-electron chi connectivity index (χ1n) is 14.2. The van der Waals surface area contributed by atoms with Crippen LogP contribution in [0.2, 0.25) is 0 Å². The summed E-state index contributed by atoms with van der Waals surface area (Å²) in [5.74, 6) is -0.692. The molecule has 1 fully saturated rings. The van der Waals surface area contributed by atoms with Gasteiger partial charge in [0.25, 0.3) is 0 Å². The van der Waals surface area contributed by atoms with Crippen molar-refractivity contribution in [3.8, 4) is 0 Å². The number of benzene rings is 4. The minimum atomic E-state index is -4.39. The number of esters is 1. The van der Waals surface area contributed by atoms with E-state index in [9.17, 15) is 9.90 Å². The van der Waals surface area contributed by atoms with Gasteiger partial charge in [-0.3, -0.25) is 4.79 Å². The molecule has 6 rings (SSSR count). The molecule has 4 aromatic carbocycles. The van der Waals surface area contributed by atoms with Crippen molar-refractivity contribution in [1.82, 2.24) is 4.31 Å². The summed E-state index contributed by atoms with van der Waals surface area (Å²) in [5.41, 5.74) is 0.891. The molecule has 1 saturated heterocycles. The summed E-state index contributed by atoms with van der Waals surface area (Å²) in [5, 5.41) is 18.3. The average molecular weight is 585 g/mol. The van der Waals surface area contributed by atoms with Crippen LogP contribution in [0.4, 0.5) is 5.69 Å². The Hall–Kier alpha value is -3.72. The van der Waals surface area contributed by atoms with Gasteiger partial charge in [0, 0.05) is 28.4 Å². The van der Waals surface area contributed by atoms with Crippen molar-refractivity contribution in [2.24, 2.45) is 0 Å². The number of carbonyl (C=O) groups excluding carboxylic acids is 1. The van der Waals surface area contributed by atoms with E-state index in [1.54, 1.807) is 45.0 Å². The number of allylic oxidation sites excluding steroid dienone is 2. The Balaban J connectivity index is 1.57. The predicted octanol–water partition coefficient (Wildman–Crippen LogP) is 6.25. The van der Waals surface area contributed by atoms with Crippen molar-refractivity contribution in [3.63, 3.8) is 0 Å². The molecule has 3 atom stereocenters. The number of carbonyl (C=O) groups is 1. The minimum Gasteiger partial charge on any atom is -0.459 e. The van der Waals surface area contributed by atoms with Gasteiger partial charge in [0.1, 0.15) is 23.4 Å². The molecular formula is C34H36N2O5S. The third-order valence-electron chi connectivity index (χ3n) is 8.08. The minimum absolute atomic E-state index is 0.108. The summed E-state index contributed by atoms with van der Waals surface area (Å²) < 4.78 is 37.0. The molecule has 0 aromatic heterocycles. The van der Waals surface area contributed by atoms with Crippen molar-refractivity contribution in [2.45, 2.75) is 75.8 Å². The monoisotopic (exact) mass is 584 g/mol. The van der Waals surface area contributed by atoms with Crippen LogP contribution < -0.4 is 5.32 Å². The highest BCUT2D eigenvalue weighted by Crippen LogP contribution is 2.53. The van der Waals surface area contributed by atoms with E-state index < -0.39 is 39.4 Å². The van der Waals surface area contributed by atoms with Crippen molar-refractivity contribution in [1.29, 1.82) is 0 Å². The molecule has 2 N–H and O–H groups in total. The first kappa shape index (κ1) is 28.4. The van der Waals surface area contributed by atoms with Crippen molar-refractivity contribution in [2.75, 3.05) is 5.32 Å². The Morgan fingerprint density at radius 3 is 2.24 bits per heavy atom. The number of ether oxygens (including phenoxy) is 1. The van der Waals surface area contributed by atoms with Crippen LogP contribution in [0.1, 0.15) is 52.2 Å².